The van der Waals surface area contributed by atoms with Gasteiger partial charge < -0.3 is 9.64 Å². The number of thiophene rings is 1. The molecule has 1 fully saturated rings. The number of likely N-dealkylation sites (N-methyl/N-ethyl adjacent to an activating group) is 1. The van der Waals surface area contributed by atoms with Crippen molar-refractivity contribution in [2.24, 2.45) is 0 Å². The fourth-order valence-corrected chi connectivity index (χ4v) is 7.16. The van der Waals surface area contributed by atoms with Crippen molar-refractivity contribution in [1.29, 1.82) is 0 Å². The summed E-state index contributed by atoms with van der Waals surface area (Å²) in [6.45, 7) is 3.39. The maximum Gasteiger partial charge on any atom is 0.411 e. The number of halogens is 1. The van der Waals surface area contributed by atoms with E-state index in [2.05, 4.69) is 16.9 Å². The largest absolute Gasteiger partial charge is 0.445 e. The van der Waals surface area contributed by atoms with Crippen LogP contribution in [0.5, 0.6) is 0 Å². The summed E-state index contributed by atoms with van der Waals surface area (Å²) in [4.78, 5) is 18.4. The minimum Gasteiger partial charge on any atom is -0.445 e. The Morgan fingerprint density at radius 1 is 1.07 bits per heavy atom. The summed E-state index contributed by atoms with van der Waals surface area (Å²) in [5.41, 5.74) is 0.939. The van der Waals surface area contributed by atoms with Gasteiger partial charge in [-0.1, -0.05) is 60.5 Å². The van der Waals surface area contributed by atoms with Crippen LogP contribution in [-0.4, -0.2) is 74.4 Å². The van der Waals surface area contributed by atoms with Gasteiger partial charge >= 0.3 is 6.09 Å². The number of hydrogen-bond acceptors (Lipinski definition) is 6. The first-order valence-corrected chi connectivity index (χ1v) is 15.9. The van der Waals surface area contributed by atoms with Crippen LogP contribution in [0.25, 0.3) is 0 Å². The molecule has 1 amide bonds. The Hall–Kier alpha value is -2.87. The minimum atomic E-state index is -3.56. The molecular weight excluding hydrogens is 578 g/mol. The second-order valence-corrected chi connectivity index (χ2v) is 13.1. The molecule has 0 N–H and O–H groups in total. The van der Waals surface area contributed by atoms with Crippen molar-refractivity contribution in [1.82, 2.24) is 14.1 Å². The number of carbonyl (C=O) groups excluding carboxylic acids is 1. The van der Waals surface area contributed by atoms with Crippen LogP contribution in [0.3, 0.4) is 0 Å². The molecule has 4 rings (SSSR count). The highest BCUT2D eigenvalue weighted by atomic mass is 35.5. The van der Waals surface area contributed by atoms with Crippen LogP contribution in [0, 0.1) is 12.3 Å². The summed E-state index contributed by atoms with van der Waals surface area (Å²) in [7, 11) is -1.90. The van der Waals surface area contributed by atoms with Gasteiger partial charge in [0.15, 0.2) is 0 Å². The predicted octanol–water partition coefficient (Wildman–Crippen LogP) is 5.70. The van der Waals surface area contributed by atoms with Gasteiger partial charge in [-0.05, 0) is 54.9 Å². The molecule has 1 atom stereocenters. The van der Waals surface area contributed by atoms with Crippen molar-refractivity contribution in [3.05, 3.63) is 88.6 Å². The summed E-state index contributed by atoms with van der Waals surface area (Å²) in [5, 5.41) is 2.04. The van der Waals surface area contributed by atoms with Crippen molar-refractivity contribution in [2.45, 2.75) is 42.7 Å². The Morgan fingerprint density at radius 3 is 2.34 bits per heavy atom. The van der Waals surface area contributed by atoms with Crippen molar-refractivity contribution in [2.75, 3.05) is 39.8 Å². The highest BCUT2D eigenvalue weighted by Crippen LogP contribution is 2.28. The molecule has 1 aliphatic rings. The average molecular weight is 616 g/mol. The number of piperidine rings is 1. The topological polar surface area (TPSA) is 70.2 Å². The predicted molar refractivity (Wildman–Crippen MR) is 167 cm³/mol. The quantitative estimate of drug-likeness (QED) is 0.245. The van der Waals surface area contributed by atoms with Gasteiger partial charge in [0.1, 0.15) is 6.61 Å². The summed E-state index contributed by atoms with van der Waals surface area (Å²) >= 11 is 1.67. The second-order valence-electron chi connectivity index (χ2n) is 10.0. The van der Waals surface area contributed by atoms with Gasteiger partial charge in [0.05, 0.1) is 11.4 Å². The fourth-order valence-electron chi connectivity index (χ4n) is 5.06. The average Bonchev–Trinajstić information content (AvgIpc) is 3.53. The lowest BCUT2D eigenvalue weighted by Gasteiger charge is -2.37. The molecule has 0 aliphatic carbocycles. The normalized spacial score (nSPS) is 15.0. The van der Waals surface area contributed by atoms with E-state index in [9.17, 15) is 13.2 Å². The van der Waals surface area contributed by atoms with E-state index in [1.807, 2.05) is 47.8 Å². The van der Waals surface area contributed by atoms with Crippen LogP contribution in [0.15, 0.2) is 83.1 Å². The molecule has 2 heterocycles. The van der Waals surface area contributed by atoms with Crippen molar-refractivity contribution in [3.63, 3.8) is 0 Å². The summed E-state index contributed by atoms with van der Waals surface area (Å²) in [6.07, 6.45) is 7.68. The van der Waals surface area contributed by atoms with E-state index in [0.717, 1.165) is 44.5 Å². The Labute approximate surface area is 254 Å². The highest BCUT2D eigenvalue weighted by Gasteiger charge is 2.30. The molecule has 0 spiro atoms. The lowest BCUT2D eigenvalue weighted by molar-refractivity contribution is 0.0663. The molecule has 0 bridgehead atoms. The number of rotatable bonds is 12. The van der Waals surface area contributed by atoms with Crippen LogP contribution in [0.2, 0.25) is 0 Å². The first-order valence-electron chi connectivity index (χ1n) is 13.6. The lowest BCUT2D eigenvalue weighted by Crippen LogP contribution is -2.48. The Morgan fingerprint density at radius 2 is 1.73 bits per heavy atom. The van der Waals surface area contributed by atoms with E-state index in [0.29, 0.717) is 11.4 Å². The van der Waals surface area contributed by atoms with Crippen LogP contribution < -0.4 is 0 Å². The van der Waals surface area contributed by atoms with Gasteiger partial charge in [-0.15, -0.1) is 30.2 Å². The zero-order valence-corrected chi connectivity index (χ0v) is 25.8. The third-order valence-electron chi connectivity index (χ3n) is 7.37. The summed E-state index contributed by atoms with van der Waals surface area (Å²) in [6, 6.07) is 22.3. The molecule has 1 saturated heterocycles. The van der Waals surface area contributed by atoms with Crippen LogP contribution in [-0.2, 0) is 21.4 Å². The fraction of sp³-hybridized carbons (Fsp3) is 0.387. The Balaban J connectivity index is 0.00000462. The molecule has 41 heavy (non-hydrogen) atoms. The highest BCUT2D eigenvalue weighted by molar-refractivity contribution is 7.89. The van der Waals surface area contributed by atoms with Crippen LogP contribution >= 0.6 is 23.7 Å². The molecule has 3 aromatic rings. The molecule has 10 heteroatoms. The number of hydrogen-bond donors (Lipinski definition) is 0. The molecule has 2 aromatic carbocycles. The van der Waals surface area contributed by atoms with E-state index < -0.39 is 10.0 Å². The molecule has 1 aromatic heterocycles. The van der Waals surface area contributed by atoms with Gasteiger partial charge in [-0.25, -0.2) is 17.5 Å². The van der Waals surface area contributed by atoms with Gasteiger partial charge in [-0.2, -0.15) is 0 Å². The van der Waals surface area contributed by atoms with Gasteiger partial charge in [0, 0.05) is 43.5 Å². The molecule has 1 aliphatic heterocycles. The molecule has 0 radical (unpaired) electrons. The molecular formula is C31H38ClN3O4S2. The van der Waals surface area contributed by atoms with Crippen molar-refractivity contribution >= 4 is 39.9 Å². The standard InChI is InChI=1S/C31H37N3O4S2.ClH/c1-3-19-34(31(35)38-25-26-11-6-4-7-12-26)28-17-21-33(22-18-28)20-16-27(30-15-10-23-39-30)24-32(2)40(36,37)29-13-8-5-9-14-29;/h1,4-15,23,27-28H,16-22,24-25H2,2H3;1H/t27-;/m0./s1. The number of ether oxygens (including phenoxy) is 1. The molecule has 0 unspecified atom stereocenters. The van der Waals surface area contributed by atoms with Crippen LogP contribution in [0.1, 0.15) is 35.6 Å². The SMILES string of the molecule is C#CCN(C(=O)OCc1ccccc1)C1CCN(CC[C@@H](CN(C)S(=O)(=O)c2ccccc2)c2cccs2)CC1.Cl. The van der Waals surface area contributed by atoms with E-state index in [1.165, 1.54) is 9.18 Å². The zero-order chi connectivity index (χ0) is 28.4. The number of amides is 1. The third kappa shape index (κ3) is 9.06. The molecule has 7 nitrogen and oxygen atoms in total. The number of sulfonamides is 1. The lowest BCUT2D eigenvalue weighted by atomic mass is 10.00. The molecule has 0 saturated carbocycles. The first kappa shape index (κ1) is 32.6. The number of carbonyl (C=O) groups is 1. The van der Waals surface area contributed by atoms with E-state index >= 15 is 0 Å². The van der Waals surface area contributed by atoms with E-state index in [-0.39, 0.29) is 43.6 Å². The van der Waals surface area contributed by atoms with Crippen molar-refractivity contribution < 1.29 is 17.9 Å². The van der Waals surface area contributed by atoms with Crippen LogP contribution in [0.4, 0.5) is 4.79 Å². The number of nitrogens with zero attached hydrogens (tertiary/aromatic N) is 3. The Kier molecular flexibility index (Phi) is 12.7. The molecule has 220 valence electrons. The van der Waals surface area contributed by atoms with Gasteiger partial charge in [0.25, 0.3) is 0 Å². The van der Waals surface area contributed by atoms with Gasteiger partial charge in [-0.3, -0.25) is 4.90 Å². The number of likely N-dealkylation sites (tertiary alicyclic amines) is 1. The first-order chi connectivity index (χ1) is 19.4. The smallest absolute Gasteiger partial charge is 0.411 e. The maximum atomic E-state index is 13.1. The summed E-state index contributed by atoms with van der Waals surface area (Å²) < 4.78 is 33.3. The monoisotopic (exact) mass is 615 g/mol. The number of benzene rings is 2. The Bertz CT molecular complexity index is 1340. The zero-order valence-electron chi connectivity index (χ0n) is 23.3. The van der Waals surface area contributed by atoms with E-state index in [4.69, 9.17) is 11.2 Å². The third-order valence-corrected chi connectivity index (χ3v) is 10.2. The second kappa shape index (κ2) is 15.9. The maximum absolute atomic E-state index is 13.1. The van der Waals surface area contributed by atoms with Crippen molar-refractivity contribution in [3.8, 4) is 12.3 Å². The minimum absolute atomic E-state index is 0. The van der Waals surface area contributed by atoms with E-state index in [1.54, 1.807) is 47.5 Å². The summed E-state index contributed by atoms with van der Waals surface area (Å²) in [5.74, 6) is 2.70. The van der Waals surface area contributed by atoms with Gasteiger partial charge in [0.2, 0.25) is 10.0 Å². The number of terminal acetylenes is 1.